The van der Waals surface area contributed by atoms with Gasteiger partial charge in [-0.3, -0.25) is 14.5 Å². The number of ether oxygens (including phenoxy) is 2. The normalized spacial score (nSPS) is 21.8. The van der Waals surface area contributed by atoms with E-state index in [0.717, 1.165) is 43.3 Å². The fourth-order valence-corrected chi connectivity index (χ4v) is 9.46. The van der Waals surface area contributed by atoms with E-state index >= 15 is 0 Å². The lowest BCUT2D eigenvalue weighted by atomic mass is 9.77. The lowest BCUT2D eigenvalue weighted by Crippen LogP contribution is -2.60. The monoisotopic (exact) mass is 807 g/mol. The maximum absolute atomic E-state index is 14.9. The molecule has 6 rings (SSSR count). The maximum atomic E-state index is 14.9. The molecule has 2 amide bonds. The number of carbonyl (C=O) groups is 2. The zero-order chi connectivity index (χ0) is 41.3. The van der Waals surface area contributed by atoms with E-state index in [4.69, 9.17) is 14.5 Å². The van der Waals surface area contributed by atoms with Crippen molar-refractivity contribution in [2.75, 3.05) is 26.7 Å². The predicted molar refractivity (Wildman–Crippen MR) is 220 cm³/mol. The molecule has 3 fully saturated rings. The number of nitrogens with one attached hydrogen (secondary N) is 2. The summed E-state index contributed by atoms with van der Waals surface area (Å²) < 4.78 is 40.4. The molecule has 2 aliphatic heterocycles. The molecule has 0 spiro atoms. The number of hydrogen-bond donors (Lipinski definition) is 4. The van der Waals surface area contributed by atoms with Crippen LogP contribution in [0.2, 0.25) is 0 Å². The Labute approximate surface area is 337 Å². The van der Waals surface area contributed by atoms with Gasteiger partial charge in [-0.05, 0) is 55.1 Å². The molecule has 2 aromatic carbocycles. The fourth-order valence-electron chi connectivity index (χ4n) is 8.04. The molecule has 1 saturated carbocycles. The van der Waals surface area contributed by atoms with Crippen molar-refractivity contribution in [2.45, 2.75) is 122 Å². The highest BCUT2D eigenvalue weighted by Gasteiger charge is 2.48. The molecule has 13 nitrogen and oxygen atoms in total. The highest BCUT2D eigenvalue weighted by atomic mass is 32.2. The smallest absolute Gasteiger partial charge is 0.243 e. The number of amides is 2. The minimum Gasteiger partial charge on any atom is -0.497 e. The first-order valence-electron chi connectivity index (χ1n) is 20.3. The van der Waals surface area contributed by atoms with Crippen molar-refractivity contribution in [2.24, 2.45) is 16.7 Å². The number of aromatic nitrogens is 1. The standard InChI is InChI=1S/C43H61N5O8S/c1-42(2,3)32(24-37(49)47-20-12-9-13-21-47)41(52)48-26-29(23-35(48)39(50)45-38(43(4,5)6)40(51)46-57(53,54)30-17-18-30)56-36-25-33(27-14-10-8-11-15-27)44-34-22-28(55-7)16-19-31(34)36/h8,10-11,14-16,19,22,25,29-30,32,35,37-38,40,46,49,51H,9,12-13,17-18,20-21,23-24,26H2,1-7H3,(H,45,50)/t29?,32-,35+,37?,38-,40?/m1/s1. The Morgan fingerprint density at radius 1 is 0.947 bits per heavy atom. The summed E-state index contributed by atoms with van der Waals surface area (Å²) in [6, 6.07) is 15.1. The molecule has 14 heteroatoms. The number of fused-ring (bicyclic) bond motifs is 1. The lowest BCUT2D eigenvalue weighted by molar-refractivity contribution is -0.148. The van der Waals surface area contributed by atoms with Gasteiger partial charge in [-0.2, -0.15) is 4.72 Å². The molecule has 0 bridgehead atoms. The van der Waals surface area contributed by atoms with E-state index in [1.807, 2.05) is 101 Å². The highest BCUT2D eigenvalue weighted by Crippen LogP contribution is 2.38. The quantitative estimate of drug-likeness (QED) is 0.162. The molecule has 312 valence electrons. The molecular weight excluding hydrogens is 747 g/mol. The second-order valence-electron chi connectivity index (χ2n) is 18.1. The maximum Gasteiger partial charge on any atom is 0.243 e. The topological polar surface area (TPSA) is 171 Å². The molecule has 3 aromatic rings. The number of likely N-dealkylation sites (tertiary alicyclic amines) is 2. The van der Waals surface area contributed by atoms with Crippen molar-refractivity contribution < 1.29 is 37.7 Å². The highest BCUT2D eigenvalue weighted by molar-refractivity contribution is 7.90. The largest absolute Gasteiger partial charge is 0.497 e. The van der Waals surface area contributed by atoms with Crippen molar-refractivity contribution in [3.05, 3.63) is 54.6 Å². The summed E-state index contributed by atoms with van der Waals surface area (Å²) in [5, 5.41) is 25.8. The number of hydrogen-bond acceptors (Lipinski definition) is 10. The number of nitrogens with zero attached hydrogens (tertiary/aromatic N) is 3. The van der Waals surface area contributed by atoms with E-state index in [0.29, 0.717) is 35.6 Å². The van der Waals surface area contributed by atoms with Gasteiger partial charge in [0.1, 0.15) is 36.1 Å². The summed E-state index contributed by atoms with van der Waals surface area (Å²) in [4.78, 5) is 38.0. The minimum atomic E-state index is -3.79. The van der Waals surface area contributed by atoms with Crippen LogP contribution < -0.4 is 19.5 Å². The van der Waals surface area contributed by atoms with Gasteiger partial charge in [0.2, 0.25) is 21.8 Å². The summed E-state index contributed by atoms with van der Waals surface area (Å²) in [6.07, 6.45) is 1.39. The van der Waals surface area contributed by atoms with Gasteiger partial charge in [-0.25, -0.2) is 13.4 Å². The third-order valence-electron chi connectivity index (χ3n) is 11.6. The average Bonchev–Trinajstić information content (AvgIpc) is 3.96. The second-order valence-corrected chi connectivity index (χ2v) is 20.1. The first kappa shape index (κ1) is 42.8. The van der Waals surface area contributed by atoms with Crippen LogP contribution in [0.15, 0.2) is 54.6 Å². The van der Waals surface area contributed by atoms with Gasteiger partial charge in [0.15, 0.2) is 0 Å². The zero-order valence-corrected chi connectivity index (χ0v) is 35.2. The number of aliphatic hydroxyl groups is 2. The van der Waals surface area contributed by atoms with E-state index in [2.05, 4.69) is 10.0 Å². The Bertz CT molecular complexity index is 1990. The third-order valence-corrected chi connectivity index (χ3v) is 13.5. The van der Waals surface area contributed by atoms with Crippen molar-refractivity contribution in [3.8, 4) is 22.8 Å². The van der Waals surface area contributed by atoms with E-state index < -0.39 is 68.6 Å². The molecular formula is C43H61N5O8S. The van der Waals surface area contributed by atoms with E-state index in [9.17, 15) is 28.2 Å². The summed E-state index contributed by atoms with van der Waals surface area (Å²) in [5.41, 5.74) is 0.881. The zero-order valence-electron chi connectivity index (χ0n) is 34.4. The van der Waals surface area contributed by atoms with Crippen molar-refractivity contribution in [1.29, 1.82) is 0 Å². The van der Waals surface area contributed by atoms with Gasteiger partial charge in [0, 0.05) is 48.5 Å². The van der Waals surface area contributed by atoms with Crippen LogP contribution in [0.3, 0.4) is 0 Å². The van der Waals surface area contributed by atoms with Crippen LogP contribution >= 0.6 is 0 Å². The van der Waals surface area contributed by atoms with Gasteiger partial charge >= 0.3 is 0 Å². The molecule has 3 heterocycles. The minimum absolute atomic E-state index is 0.0843. The van der Waals surface area contributed by atoms with Crippen molar-refractivity contribution in [1.82, 2.24) is 24.8 Å². The lowest BCUT2D eigenvalue weighted by Gasteiger charge is -2.40. The van der Waals surface area contributed by atoms with Gasteiger partial charge in [0.25, 0.3) is 0 Å². The average molecular weight is 808 g/mol. The van der Waals surface area contributed by atoms with Gasteiger partial charge < -0.3 is 29.9 Å². The first-order valence-corrected chi connectivity index (χ1v) is 21.8. The van der Waals surface area contributed by atoms with Crippen molar-refractivity contribution in [3.63, 3.8) is 0 Å². The number of sulfonamides is 1. The number of methoxy groups -OCH3 is 1. The Hall–Kier alpha value is -3.82. The van der Waals surface area contributed by atoms with Crippen LogP contribution in [0, 0.1) is 16.7 Å². The Morgan fingerprint density at radius 3 is 2.25 bits per heavy atom. The fraction of sp³-hybridized carbons (Fsp3) is 0.605. The van der Waals surface area contributed by atoms with Crippen LogP contribution in [-0.2, 0) is 19.6 Å². The molecule has 2 saturated heterocycles. The Morgan fingerprint density at radius 2 is 1.63 bits per heavy atom. The number of benzene rings is 2. The van der Waals surface area contributed by atoms with Crippen LogP contribution in [0.1, 0.15) is 86.5 Å². The first-order chi connectivity index (χ1) is 26.9. The number of aliphatic hydroxyl groups excluding tert-OH is 2. The SMILES string of the molecule is COc1ccc2c(OC3C[C@@H](C(=O)N[C@H](C(O)NS(=O)(=O)C4CC4)C(C)(C)C)N(C(=O)[C@@H](CC(O)N4CCCCC4)C(C)(C)C)C3)cc(-c3ccccc3)nc2c1. The molecule has 6 atom stereocenters. The van der Waals surface area contributed by atoms with E-state index in [1.54, 1.807) is 12.0 Å². The molecule has 1 aliphatic carbocycles. The summed E-state index contributed by atoms with van der Waals surface area (Å²) in [7, 11) is -2.19. The number of pyridine rings is 1. The van der Waals surface area contributed by atoms with Gasteiger partial charge in [-0.1, -0.05) is 78.3 Å². The van der Waals surface area contributed by atoms with Crippen LogP contribution in [0.5, 0.6) is 11.5 Å². The third kappa shape index (κ3) is 10.3. The van der Waals surface area contributed by atoms with Crippen molar-refractivity contribution >= 4 is 32.7 Å². The summed E-state index contributed by atoms with van der Waals surface area (Å²) >= 11 is 0. The second kappa shape index (κ2) is 17.2. The Balaban J connectivity index is 1.34. The number of carbonyl (C=O) groups excluding carboxylic acids is 2. The van der Waals surface area contributed by atoms with Crippen LogP contribution in [-0.4, -0.2) is 108 Å². The number of rotatable bonds is 14. The molecule has 3 unspecified atom stereocenters. The molecule has 3 aliphatic rings. The summed E-state index contributed by atoms with van der Waals surface area (Å²) in [6.45, 7) is 12.9. The van der Waals surface area contributed by atoms with Crippen LogP contribution in [0.25, 0.3) is 22.2 Å². The van der Waals surface area contributed by atoms with Gasteiger partial charge in [0.05, 0.1) is 36.2 Å². The molecule has 0 radical (unpaired) electrons. The van der Waals surface area contributed by atoms with E-state index in [-0.39, 0.29) is 25.3 Å². The molecule has 57 heavy (non-hydrogen) atoms. The molecule has 1 aromatic heterocycles. The van der Waals surface area contributed by atoms with Crippen LogP contribution in [0.4, 0.5) is 0 Å². The molecule has 4 N–H and O–H groups in total. The predicted octanol–water partition coefficient (Wildman–Crippen LogP) is 5.05. The van der Waals surface area contributed by atoms with E-state index in [1.165, 1.54) is 0 Å². The number of piperidine rings is 1. The summed E-state index contributed by atoms with van der Waals surface area (Å²) in [5.74, 6) is -0.281. The Kier molecular flexibility index (Phi) is 12.9. The van der Waals surface area contributed by atoms with Gasteiger partial charge in [-0.15, -0.1) is 0 Å².